The van der Waals surface area contributed by atoms with Crippen molar-refractivity contribution in [3.8, 4) is 11.5 Å². The van der Waals surface area contributed by atoms with Crippen LogP contribution in [0.3, 0.4) is 0 Å². The number of fused-ring (bicyclic) bond motifs is 1. The Labute approximate surface area is 177 Å². The summed E-state index contributed by atoms with van der Waals surface area (Å²) in [7, 11) is -0.958. The molecule has 0 aromatic heterocycles. The van der Waals surface area contributed by atoms with E-state index in [0.29, 0.717) is 18.0 Å². The quantitative estimate of drug-likeness (QED) is 0.618. The van der Waals surface area contributed by atoms with Crippen LogP contribution in [-0.4, -0.2) is 68.8 Å². The summed E-state index contributed by atoms with van der Waals surface area (Å²) in [5, 5.41) is 19.2. The number of hydrogen-bond donors (Lipinski definition) is 2. The molecule has 2 aromatic rings. The minimum absolute atomic E-state index is 0.0262. The summed E-state index contributed by atoms with van der Waals surface area (Å²) in [6, 6.07) is 12.5. The lowest BCUT2D eigenvalue weighted by Gasteiger charge is -2.31. The number of sulfone groups is 1. The number of methoxy groups -OCH3 is 2. The molecule has 0 bridgehead atoms. The smallest absolute Gasteiger partial charge is 0.183 e. The third-order valence-electron chi connectivity index (χ3n) is 5.54. The molecule has 1 heterocycles. The minimum Gasteiger partial charge on any atom is -0.493 e. The van der Waals surface area contributed by atoms with Crippen LogP contribution in [-0.2, 0) is 22.8 Å². The van der Waals surface area contributed by atoms with Gasteiger partial charge in [-0.2, -0.15) is 0 Å². The molecule has 1 aliphatic heterocycles. The van der Waals surface area contributed by atoms with Gasteiger partial charge < -0.3 is 19.7 Å². The zero-order valence-corrected chi connectivity index (χ0v) is 18.1. The standard InChI is InChI=1S/C22H29NO6S/c1-28-21-8-7-19(12-22(21)29-2)30(26,27)20(15-24)11-18(25)14-23-10-9-16-5-3-4-6-17(16)13-23/h3-8,12,18,20,24-25H,9-11,13-15H2,1-2H3. The van der Waals surface area contributed by atoms with Crippen LogP contribution in [0.4, 0.5) is 0 Å². The van der Waals surface area contributed by atoms with Crippen molar-refractivity contribution in [1.82, 2.24) is 4.90 Å². The van der Waals surface area contributed by atoms with Gasteiger partial charge in [-0.3, -0.25) is 4.90 Å². The van der Waals surface area contributed by atoms with Crippen molar-refractivity contribution < 1.29 is 28.1 Å². The second-order valence-corrected chi connectivity index (χ2v) is 9.74. The van der Waals surface area contributed by atoms with Crippen molar-refractivity contribution in [2.24, 2.45) is 0 Å². The van der Waals surface area contributed by atoms with Gasteiger partial charge in [-0.15, -0.1) is 0 Å². The van der Waals surface area contributed by atoms with Crippen LogP contribution in [0.2, 0.25) is 0 Å². The van der Waals surface area contributed by atoms with E-state index in [2.05, 4.69) is 17.0 Å². The molecule has 0 fully saturated rings. The van der Waals surface area contributed by atoms with E-state index in [1.807, 2.05) is 12.1 Å². The molecule has 0 aliphatic carbocycles. The summed E-state index contributed by atoms with van der Waals surface area (Å²) in [4.78, 5) is 2.14. The number of ether oxygens (including phenoxy) is 2. The molecule has 2 unspecified atom stereocenters. The maximum atomic E-state index is 13.0. The van der Waals surface area contributed by atoms with E-state index in [4.69, 9.17) is 9.47 Å². The molecule has 2 aromatic carbocycles. The fourth-order valence-electron chi connectivity index (χ4n) is 3.87. The van der Waals surface area contributed by atoms with E-state index >= 15 is 0 Å². The van der Waals surface area contributed by atoms with Gasteiger partial charge in [0.25, 0.3) is 0 Å². The van der Waals surface area contributed by atoms with E-state index in [1.54, 1.807) is 0 Å². The van der Waals surface area contributed by atoms with Crippen LogP contribution in [0.15, 0.2) is 47.4 Å². The molecule has 3 rings (SSSR count). The van der Waals surface area contributed by atoms with Crippen LogP contribution in [0.1, 0.15) is 17.5 Å². The second kappa shape index (κ2) is 9.78. The number of benzene rings is 2. The third kappa shape index (κ3) is 4.95. The van der Waals surface area contributed by atoms with Crippen molar-refractivity contribution in [3.05, 3.63) is 53.6 Å². The zero-order valence-electron chi connectivity index (χ0n) is 17.3. The Balaban J connectivity index is 1.68. The number of β-amino-alcohol motifs (C(OH)–C–C–N with tert-alkyl or cyclic N) is 1. The van der Waals surface area contributed by atoms with Gasteiger partial charge in [-0.25, -0.2) is 8.42 Å². The lowest BCUT2D eigenvalue weighted by molar-refractivity contribution is 0.0926. The van der Waals surface area contributed by atoms with Crippen LogP contribution in [0.5, 0.6) is 11.5 Å². The lowest BCUT2D eigenvalue weighted by atomic mass is 9.99. The van der Waals surface area contributed by atoms with Crippen molar-refractivity contribution in [1.29, 1.82) is 0 Å². The fraction of sp³-hybridized carbons (Fsp3) is 0.455. The van der Waals surface area contributed by atoms with E-state index < -0.39 is 27.8 Å². The van der Waals surface area contributed by atoms with Crippen molar-refractivity contribution in [2.75, 3.05) is 33.9 Å². The molecule has 0 saturated heterocycles. The number of nitrogens with zero attached hydrogens (tertiary/aromatic N) is 1. The normalized spacial score (nSPS) is 16.5. The first-order valence-corrected chi connectivity index (χ1v) is 11.5. The maximum absolute atomic E-state index is 13.0. The monoisotopic (exact) mass is 435 g/mol. The first-order valence-electron chi connectivity index (χ1n) is 9.93. The Morgan fingerprint density at radius 3 is 2.43 bits per heavy atom. The molecule has 7 nitrogen and oxygen atoms in total. The molecule has 0 spiro atoms. The highest BCUT2D eigenvalue weighted by Gasteiger charge is 2.31. The summed E-state index contributed by atoms with van der Waals surface area (Å²) in [6.07, 6.45) is -0.0240. The number of rotatable bonds is 9. The SMILES string of the molecule is COc1ccc(S(=O)(=O)C(CO)CC(O)CN2CCc3ccccc3C2)cc1OC. The minimum atomic E-state index is -3.86. The van der Waals surface area contributed by atoms with E-state index in [0.717, 1.165) is 19.5 Å². The first kappa shape index (κ1) is 22.6. The zero-order chi connectivity index (χ0) is 21.7. The molecule has 164 valence electrons. The van der Waals surface area contributed by atoms with Gasteiger partial charge in [0.15, 0.2) is 21.3 Å². The second-order valence-electron chi connectivity index (χ2n) is 7.51. The highest BCUT2D eigenvalue weighted by atomic mass is 32.2. The lowest BCUT2D eigenvalue weighted by Crippen LogP contribution is -2.39. The van der Waals surface area contributed by atoms with Crippen molar-refractivity contribution in [2.45, 2.75) is 35.6 Å². The van der Waals surface area contributed by atoms with Gasteiger partial charge in [0.2, 0.25) is 0 Å². The summed E-state index contributed by atoms with van der Waals surface area (Å²) >= 11 is 0. The largest absolute Gasteiger partial charge is 0.493 e. The molecule has 8 heteroatoms. The van der Waals surface area contributed by atoms with Gasteiger partial charge in [0.1, 0.15) is 0 Å². The maximum Gasteiger partial charge on any atom is 0.183 e. The fourth-order valence-corrected chi connectivity index (χ4v) is 5.46. The van der Waals surface area contributed by atoms with Crippen LogP contribution < -0.4 is 9.47 Å². The van der Waals surface area contributed by atoms with E-state index in [-0.39, 0.29) is 11.3 Å². The number of hydrogen-bond acceptors (Lipinski definition) is 7. The van der Waals surface area contributed by atoms with E-state index in [9.17, 15) is 18.6 Å². The molecule has 0 saturated carbocycles. The van der Waals surface area contributed by atoms with Crippen molar-refractivity contribution in [3.63, 3.8) is 0 Å². The predicted molar refractivity (Wildman–Crippen MR) is 114 cm³/mol. The highest BCUT2D eigenvalue weighted by molar-refractivity contribution is 7.92. The molecular formula is C22H29NO6S. The van der Waals surface area contributed by atoms with Gasteiger partial charge in [0.05, 0.1) is 37.1 Å². The van der Waals surface area contributed by atoms with Gasteiger partial charge in [-0.05, 0) is 36.1 Å². The highest BCUT2D eigenvalue weighted by Crippen LogP contribution is 2.31. The summed E-state index contributed by atoms with van der Waals surface area (Å²) < 4.78 is 36.4. The Morgan fingerprint density at radius 1 is 1.07 bits per heavy atom. The average molecular weight is 436 g/mol. The van der Waals surface area contributed by atoms with Gasteiger partial charge >= 0.3 is 0 Å². The molecule has 1 aliphatic rings. The Hall–Kier alpha value is -2.13. The van der Waals surface area contributed by atoms with E-state index in [1.165, 1.54) is 43.5 Å². The molecule has 30 heavy (non-hydrogen) atoms. The van der Waals surface area contributed by atoms with Crippen LogP contribution in [0, 0.1) is 0 Å². The van der Waals surface area contributed by atoms with Gasteiger partial charge in [0, 0.05) is 25.7 Å². The molecule has 0 amide bonds. The number of aliphatic hydroxyl groups excluding tert-OH is 2. The topological polar surface area (TPSA) is 96.3 Å². The van der Waals surface area contributed by atoms with Crippen LogP contribution in [0.25, 0.3) is 0 Å². The molecular weight excluding hydrogens is 406 g/mol. The van der Waals surface area contributed by atoms with Gasteiger partial charge in [-0.1, -0.05) is 24.3 Å². The Morgan fingerprint density at radius 2 is 1.77 bits per heavy atom. The summed E-state index contributed by atoms with van der Waals surface area (Å²) in [6.45, 7) is 1.31. The first-order chi connectivity index (χ1) is 14.4. The molecule has 2 atom stereocenters. The van der Waals surface area contributed by atoms with Crippen molar-refractivity contribution >= 4 is 9.84 Å². The number of aliphatic hydroxyl groups is 2. The van der Waals surface area contributed by atoms with Crippen LogP contribution >= 0.6 is 0 Å². The Bertz CT molecular complexity index is 962. The average Bonchev–Trinajstić information content (AvgIpc) is 2.76. The third-order valence-corrected chi connectivity index (χ3v) is 7.67. The molecule has 0 radical (unpaired) electrons. The summed E-state index contributed by atoms with van der Waals surface area (Å²) in [5.41, 5.74) is 2.54. The Kier molecular flexibility index (Phi) is 7.36. The molecule has 2 N–H and O–H groups in total. The predicted octanol–water partition coefficient (Wildman–Crippen LogP) is 1.65. The summed E-state index contributed by atoms with van der Waals surface area (Å²) in [5.74, 6) is 0.713.